The molecule has 0 aliphatic heterocycles. The van der Waals surface area contributed by atoms with Gasteiger partial charge in [0.15, 0.2) is 0 Å². The first-order valence-electron chi connectivity index (χ1n) is 6.52. The lowest BCUT2D eigenvalue weighted by atomic mass is 10.2. The summed E-state index contributed by atoms with van der Waals surface area (Å²) in [7, 11) is 0. The fourth-order valence-corrected chi connectivity index (χ4v) is 2.27. The monoisotopic (exact) mass is 397 g/mol. The summed E-state index contributed by atoms with van der Waals surface area (Å²) in [5.74, 6) is 0.372. The van der Waals surface area contributed by atoms with E-state index < -0.39 is 0 Å². The lowest BCUT2D eigenvalue weighted by molar-refractivity contribution is 0.102. The first-order chi connectivity index (χ1) is 9.95. The summed E-state index contributed by atoms with van der Waals surface area (Å²) in [6.45, 7) is 3.91. The van der Waals surface area contributed by atoms with Crippen molar-refractivity contribution in [2.45, 2.75) is 20.0 Å². The topological polar surface area (TPSA) is 58.6 Å². The number of benzene rings is 2. The van der Waals surface area contributed by atoms with Crippen LogP contribution < -0.4 is 10.1 Å². The third kappa shape index (κ3) is 4.35. The van der Waals surface area contributed by atoms with Crippen molar-refractivity contribution in [2.75, 3.05) is 5.32 Å². The maximum Gasteiger partial charge on any atom is 0.259 e. The second kappa shape index (κ2) is 6.80. The average Bonchev–Trinajstić information content (AvgIpc) is 2.43. The number of phenolic OH excluding ortho intramolecular Hbond substituents is 1. The number of ether oxygens (including phenoxy) is 1. The summed E-state index contributed by atoms with van der Waals surface area (Å²) in [4.78, 5) is 12.1. The van der Waals surface area contributed by atoms with Crippen LogP contribution in [-0.2, 0) is 0 Å². The SMILES string of the molecule is CC(C)Oc1ccc(NC(=O)c2cc(I)ccc2O)cc1. The predicted octanol–water partition coefficient (Wildman–Crippen LogP) is 4.04. The van der Waals surface area contributed by atoms with Crippen molar-refractivity contribution in [3.05, 3.63) is 51.6 Å². The molecule has 0 atom stereocenters. The van der Waals surface area contributed by atoms with Crippen LogP contribution in [0.25, 0.3) is 0 Å². The number of rotatable bonds is 4. The zero-order valence-electron chi connectivity index (χ0n) is 11.8. The second-order valence-corrected chi connectivity index (χ2v) is 6.05. The lowest BCUT2D eigenvalue weighted by Gasteiger charge is -2.11. The van der Waals surface area contributed by atoms with Gasteiger partial charge >= 0.3 is 0 Å². The molecule has 0 aliphatic rings. The zero-order chi connectivity index (χ0) is 15.4. The number of aromatic hydroxyl groups is 1. The Hall–Kier alpha value is -1.76. The maximum atomic E-state index is 12.1. The van der Waals surface area contributed by atoms with Gasteiger partial charge in [0.25, 0.3) is 5.91 Å². The quantitative estimate of drug-likeness (QED) is 0.766. The number of halogens is 1. The third-order valence-electron chi connectivity index (χ3n) is 2.69. The number of hydrogen-bond acceptors (Lipinski definition) is 3. The summed E-state index contributed by atoms with van der Waals surface area (Å²) in [6, 6.07) is 12.0. The third-order valence-corrected chi connectivity index (χ3v) is 3.36. The number of hydrogen-bond donors (Lipinski definition) is 2. The number of nitrogens with one attached hydrogen (secondary N) is 1. The van der Waals surface area contributed by atoms with Crippen LogP contribution in [0, 0.1) is 3.57 Å². The maximum absolute atomic E-state index is 12.1. The van der Waals surface area contributed by atoms with E-state index in [1.807, 2.05) is 13.8 Å². The van der Waals surface area contributed by atoms with E-state index in [1.165, 1.54) is 6.07 Å². The molecule has 0 spiro atoms. The summed E-state index contributed by atoms with van der Waals surface area (Å²) in [5.41, 5.74) is 0.902. The largest absolute Gasteiger partial charge is 0.507 e. The average molecular weight is 397 g/mol. The van der Waals surface area contributed by atoms with Crippen LogP contribution in [-0.4, -0.2) is 17.1 Å². The van der Waals surface area contributed by atoms with Gasteiger partial charge in [0.05, 0.1) is 11.7 Å². The number of carbonyl (C=O) groups excluding carboxylic acids is 1. The van der Waals surface area contributed by atoms with Gasteiger partial charge in [-0.2, -0.15) is 0 Å². The molecular formula is C16H16INO3. The molecule has 110 valence electrons. The molecule has 0 heterocycles. The summed E-state index contributed by atoms with van der Waals surface area (Å²) >= 11 is 2.09. The summed E-state index contributed by atoms with van der Waals surface area (Å²) < 4.78 is 6.43. The van der Waals surface area contributed by atoms with Crippen LogP contribution in [0.4, 0.5) is 5.69 Å². The van der Waals surface area contributed by atoms with Gasteiger partial charge in [0, 0.05) is 9.26 Å². The molecular weight excluding hydrogens is 381 g/mol. The normalized spacial score (nSPS) is 10.5. The van der Waals surface area contributed by atoms with E-state index in [2.05, 4.69) is 27.9 Å². The summed E-state index contributed by atoms with van der Waals surface area (Å²) in [6.07, 6.45) is 0.105. The van der Waals surface area contributed by atoms with Gasteiger partial charge < -0.3 is 15.2 Å². The molecule has 2 rings (SSSR count). The van der Waals surface area contributed by atoms with E-state index in [-0.39, 0.29) is 23.3 Å². The molecule has 4 nitrogen and oxygen atoms in total. The number of carbonyl (C=O) groups is 1. The van der Waals surface area contributed by atoms with Crippen LogP contribution in [0.3, 0.4) is 0 Å². The van der Waals surface area contributed by atoms with Crippen molar-refractivity contribution < 1.29 is 14.6 Å². The highest BCUT2D eigenvalue weighted by Crippen LogP contribution is 2.22. The number of amides is 1. The minimum absolute atomic E-state index is 0.0346. The minimum atomic E-state index is -0.344. The van der Waals surface area contributed by atoms with Crippen molar-refractivity contribution in [3.8, 4) is 11.5 Å². The van der Waals surface area contributed by atoms with Crippen LogP contribution in [0.5, 0.6) is 11.5 Å². The summed E-state index contributed by atoms with van der Waals surface area (Å²) in [5, 5.41) is 12.5. The Balaban J connectivity index is 2.10. The van der Waals surface area contributed by atoms with Gasteiger partial charge in [-0.15, -0.1) is 0 Å². The Morgan fingerprint density at radius 2 is 1.86 bits per heavy atom. The van der Waals surface area contributed by atoms with Gasteiger partial charge in [0.2, 0.25) is 0 Å². The molecule has 2 aromatic carbocycles. The first kappa shape index (κ1) is 15.6. The molecule has 0 saturated heterocycles. The van der Waals surface area contributed by atoms with E-state index in [4.69, 9.17) is 4.74 Å². The zero-order valence-corrected chi connectivity index (χ0v) is 13.9. The molecule has 2 aromatic rings. The molecule has 5 heteroatoms. The molecule has 2 N–H and O–H groups in total. The standard InChI is InChI=1S/C16H16INO3/c1-10(2)21-13-6-4-12(5-7-13)18-16(20)14-9-11(17)3-8-15(14)19/h3-10,19H,1-2H3,(H,18,20). The molecule has 0 fully saturated rings. The van der Waals surface area contributed by atoms with Crippen LogP contribution >= 0.6 is 22.6 Å². The van der Waals surface area contributed by atoms with E-state index in [0.29, 0.717) is 5.69 Å². The van der Waals surface area contributed by atoms with Crippen LogP contribution in [0.2, 0.25) is 0 Å². The molecule has 0 radical (unpaired) electrons. The van der Waals surface area contributed by atoms with Gasteiger partial charge in [-0.3, -0.25) is 4.79 Å². The molecule has 1 amide bonds. The molecule has 0 unspecified atom stereocenters. The van der Waals surface area contributed by atoms with Crippen molar-refractivity contribution >= 4 is 34.2 Å². The second-order valence-electron chi connectivity index (χ2n) is 4.81. The number of anilines is 1. The first-order valence-corrected chi connectivity index (χ1v) is 7.60. The highest BCUT2D eigenvalue weighted by atomic mass is 127. The predicted molar refractivity (Wildman–Crippen MR) is 91.0 cm³/mol. The number of phenols is 1. The van der Waals surface area contributed by atoms with Crippen molar-refractivity contribution in [1.82, 2.24) is 0 Å². The van der Waals surface area contributed by atoms with E-state index in [9.17, 15) is 9.90 Å². The molecule has 0 bridgehead atoms. The Morgan fingerprint density at radius 3 is 2.48 bits per heavy atom. The van der Waals surface area contributed by atoms with Gasteiger partial charge in [-0.1, -0.05) is 0 Å². The smallest absolute Gasteiger partial charge is 0.259 e. The van der Waals surface area contributed by atoms with Crippen LogP contribution in [0.1, 0.15) is 24.2 Å². The molecule has 0 aromatic heterocycles. The fraction of sp³-hybridized carbons (Fsp3) is 0.188. The molecule has 21 heavy (non-hydrogen) atoms. The Bertz CT molecular complexity index is 638. The lowest BCUT2D eigenvalue weighted by Crippen LogP contribution is -2.12. The van der Waals surface area contributed by atoms with Crippen molar-refractivity contribution in [1.29, 1.82) is 0 Å². The van der Waals surface area contributed by atoms with Gasteiger partial charge in [-0.05, 0) is 78.9 Å². The van der Waals surface area contributed by atoms with E-state index in [0.717, 1.165) is 9.32 Å². The van der Waals surface area contributed by atoms with Gasteiger partial charge in [-0.25, -0.2) is 0 Å². The van der Waals surface area contributed by atoms with E-state index in [1.54, 1.807) is 36.4 Å². The Kier molecular flexibility index (Phi) is 5.06. The molecule has 0 aliphatic carbocycles. The Labute approximate surface area is 137 Å². The van der Waals surface area contributed by atoms with Crippen LogP contribution in [0.15, 0.2) is 42.5 Å². The van der Waals surface area contributed by atoms with Crippen molar-refractivity contribution in [2.24, 2.45) is 0 Å². The van der Waals surface area contributed by atoms with E-state index >= 15 is 0 Å². The van der Waals surface area contributed by atoms with Gasteiger partial charge in [0.1, 0.15) is 11.5 Å². The molecule has 0 saturated carbocycles. The highest BCUT2D eigenvalue weighted by Gasteiger charge is 2.12. The Morgan fingerprint density at radius 1 is 1.19 bits per heavy atom. The highest BCUT2D eigenvalue weighted by molar-refractivity contribution is 14.1. The fourth-order valence-electron chi connectivity index (χ4n) is 1.78. The van der Waals surface area contributed by atoms with Crippen molar-refractivity contribution in [3.63, 3.8) is 0 Å². The minimum Gasteiger partial charge on any atom is -0.507 e.